The lowest BCUT2D eigenvalue weighted by Crippen LogP contribution is -2.07. The molecule has 0 fully saturated rings. The van der Waals surface area contributed by atoms with Gasteiger partial charge in [0, 0.05) is 6.07 Å². The number of nitrogens with zero attached hydrogens (tertiary/aromatic N) is 2. The molecule has 6 nitrogen and oxygen atoms in total. The van der Waals surface area contributed by atoms with Gasteiger partial charge in [0.05, 0.1) is 24.4 Å². The normalized spacial score (nSPS) is 10.4. The van der Waals surface area contributed by atoms with E-state index in [4.69, 9.17) is 10.5 Å². The number of carbonyl (C=O) groups excluding carboxylic acids is 1. The van der Waals surface area contributed by atoms with Gasteiger partial charge < -0.3 is 15.2 Å². The van der Waals surface area contributed by atoms with E-state index in [0.717, 1.165) is 10.2 Å². The summed E-state index contributed by atoms with van der Waals surface area (Å²) in [6.45, 7) is 1.76. The predicted octanol–water partition coefficient (Wildman–Crippen LogP) is 2.32. The van der Waals surface area contributed by atoms with Crippen LogP contribution in [0.3, 0.4) is 0 Å². The topological polar surface area (TPSA) is 79.4 Å². The Balaban J connectivity index is 2.58. The van der Waals surface area contributed by atoms with Crippen molar-refractivity contribution in [3.63, 3.8) is 0 Å². The summed E-state index contributed by atoms with van der Waals surface area (Å²) >= 11 is 3.38. The summed E-state index contributed by atoms with van der Waals surface area (Å²) in [6.07, 6.45) is 0. The molecule has 0 unspecified atom stereocenters. The maximum Gasteiger partial charge on any atom is 0.360 e. The van der Waals surface area contributed by atoms with Crippen molar-refractivity contribution in [3.8, 4) is 11.4 Å². The Hall–Kier alpha value is -2.02. The highest BCUT2D eigenvalue weighted by molar-refractivity contribution is 9.10. The highest BCUT2D eigenvalue weighted by Gasteiger charge is 2.20. The lowest BCUT2D eigenvalue weighted by atomic mass is 10.3. The van der Waals surface area contributed by atoms with Gasteiger partial charge in [-0.05, 0) is 35.0 Å². The molecule has 106 valence electrons. The van der Waals surface area contributed by atoms with Gasteiger partial charge in [0.25, 0.3) is 0 Å². The number of esters is 1. The molecule has 1 heterocycles. The van der Waals surface area contributed by atoms with E-state index < -0.39 is 5.97 Å². The van der Waals surface area contributed by atoms with Gasteiger partial charge in [0.2, 0.25) is 0 Å². The molecule has 20 heavy (non-hydrogen) atoms. The number of hydrogen-bond donors (Lipinski definition) is 1. The largest absolute Gasteiger partial charge is 0.495 e. The smallest absolute Gasteiger partial charge is 0.360 e. The summed E-state index contributed by atoms with van der Waals surface area (Å²) in [5.41, 5.74) is 6.85. The quantitative estimate of drug-likeness (QED) is 0.868. The van der Waals surface area contributed by atoms with Crippen LogP contribution in [0.25, 0.3) is 5.69 Å². The number of nitrogen functional groups attached to an aromatic ring is 1. The van der Waals surface area contributed by atoms with Gasteiger partial charge in [-0.15, -0.1) is 0 Å². The van der Waals surface area contributed by atoms with Crippen molar-refractivity contribution in [2.45, 2.75) is 6.92 Å². The van der Waals surface area contributed by atoms with Crippen LogP contribution < -0.4 is 10.5 Å². The first-order valence-electron chi connectivity index (χ1n) is 5.76. The molecule has 0 radical (unpaired) electrons. The first-order chi connectivity index (χ1) is 9.49. The molecule has 2 rings (SSSR count). The zero-order valence-corrected chi connectivity index (χ0v) is 12.9. The second-order valence-electron chi connectivity index (χ2n) is 4.04. The SMILES string of the molecule is COC(=O)c1nc(C)n(-c2ccc(Br)c(OC)c2)c1N. The minimum absolute atomic E-state index is 0.104. The molecule has 0 aliphatic carbocycles. The summed E-state index contributed by atoms with van der Waals surface area (Å²) in [5, 5.41) is 0. The molecule has 0 saturated carbocycles. The highest BCUT2D eigenvalue weighted by Crippen LogP contribution is 2.29. The van der Waals surface area contributed by atoms with Crippen LogP contribution in [0.15, 0.2) is 22.7 Å². The van der Waals surface area contributed by atoms with E-state index in [-0.39, 0.29) is 11.5 Å². The Kier molecular flexibility index (Phi) is 3.99. The Morgan fingerprint density at radius 2 is 2.10 bits per heavy atom. The van der Waals surface area contributed by atoms with Crippen molar-refractivity contribution in [1.82, 2.24) is 9.55 Å². The third-order valence-electron chi connectivity index (χ3n) is 2.85. The zero-order valence-electron chi connectivity index (χ0n) is 11.3. The molecular formula is C13H14BrN3O3. The van der Waals surface area contributed by atoms with Gasteiger partial charge in [0.15, 0.2) is 5.69 Å². The minimum Gasteiger partial charge on any atom is -0.495 e. The minimum atomic E-state index is -0.562. The molecule has 1 aromatic carbocycles. The van der Waals surface area contributed by atoms with Crippen LogP contribution in [-0.4, -0.2) is 29.7 Å². The number of anilines is 1. The monoisotopic (exact) mass is 339 g/mol. The molecule has 0 aliphatic heterocycles. The lowest BCUT2D eigenvalue weighted by Gasteiger charge is -2.10. The first-order valence-corrected chi connectivity index (χ1v) is 6.56. The molecule has 2 N–H and O–H groups in total. The maximum absolute atomic E-state index is 11.6. The van der Waals surface area contributed by atoms with E-state index in [2.05, 4.69) is 25.7 Å². The molecule has 1 aromatic heterocycles. The molecule has 0 amide bonds. The predicted molar refractivity (Wildman–Crippen MR) is 78.3 cm³/mol. The Bertz CT molecular complexity index is 667. The number of carbonyl (C=O) groups is 1. The number of methoxy groups -OCH3 is 2. The van der Waals surface area contributed by atoms with Crippen molar-refractivity contribution in [1.29, 1.82) is 0 Å². The fraction of sp³-hybridized carbons (Fsp3) is 0.231. The van der Waals surface area contributed by atoms with Crippen molar-refractivity contribution >= 4 is 27.7 Å². The number of aromatic nitrogens is 2. The van der Waals surface area contributed by atoms with E-state index in [0.29, 0.717) is 11.6 Å². The summed E-state index contributed by atoms with van der Waals surface area (Å²) in [6, 6.07) is 5.49. The van der Waals surface area contributed by atoms with E-state index in [1.54, 1.807) is 24.7 Å². The Morgan fingerprint density at radius 3 is 2.70 bits per heavy atom. The van der Waals surface area contributed by atoms with Crippen LogP contribution in [0.4, 0.5) is 5.82 Å². The lowest BCUT2D eigenvalue weighted by molar-refractivity contribution is 0.0596. The number of ether oxygens (including phenoxy) is 2. The summed E-state index contributed by atoms with van der Waals surface area (Å²) in [5.74, 6) is 0.925. The number of imidazole rings is 1. The van der Waals surface area contributed by atoms with Gasteiger partial charge >= 0.3 is 5.97 Å². The highest BCUT2D eigenvalue weighted by atomic mass is 79.9. The third-order valence-corrected chi connectivity index (χ3v) is 3.51. The summed E-state index contributed by atoms with van der Waals surface area (Å²) in [7, 11) is 2.87. The number of hydrogen-bond acceptors (Lipinski definition) is 5. The van der Waals surface area contributed by atoms with Crippen molar-refractivity contribution < 1.29 is 14.3 Å². The molecule has 0 aliphatic rings. The van der Waals surface area contributed by atoms with Crippen LogP contribution in [0, 0.1) is 6.92 Å². The fourth-order valence-corrected chi connectivity index (χ4v) is 2.32. The maximum atomic E-state index is 11.6. The van der Waals surface area contributed by atoms with Crippen LogP contribution >= 0.6 is 15.9 Å². The average molecular weight is 340 g/mol. The Morgan fingerprint density at radius 1 is 1.40 bits per heavy atom. The molecular weight excluding hydrogens is 326 g/mol. The van der Waals surface area contributed by atoms with Crippen LogP contribution in [0.5, 0.6) is 5.75 Å². The van der Waals surface area contributed by atoms with Crippen molar-refractivity contribution in [2.75, 3.05) is 20.0 Å². The van der Waals surface area contributed by atoms with Crippen molar-refractivity contribution in [2.24, 2.45) is 0 Å². The van der Waals surface area contributed by atoms with Gasteiger partial charge in [-0.2, -0.15) is 0 Å². The van der Waals surface area contributed by atoms with Crippen LogP contribution in [0.1, 0.15) is 16.3 Å². The van der Waals surface area contributed by atoms with Gasteiger partial charge in [-0.1, -0.05) is 0 Å². The van der Waals surface area contributed by atoms with Gasteiger partial charge in [0.1, 0.15) is 17.4 Å². The molecule has 0 saturated heterocycles. The van der Waals surface area contributed by atoms with Crippen LogP contribution in [0.2, 0.25) is 0 Å². The second kappa shape index (κ2) is 5.54. The summed E-state index contributed by atoms with van der Waals surface area (Å²) < 4.78 is 12.4. The number of nitrogens with two attached hydrogens (primary N) is 1. The van der Waals surface area contributed by atoms with E-state index in [1.165, 1.54) is 7.11 Å². The second-order valence-corrected chi connectivity index (χ2v) is 4.89. The van der Waals surface area contributed by atoms with Gasteiger partial charge in [-0.3, -0.25) is 4.57 Å². The zero-order chi connectivity index (χ0) is 14.9. The fourth-order valence-electron chi connectivity index (χ4n) is 1.91. The van der Waals surface area contributed by atoms with Crippen LogP contribution in [-0.2, 0) is 4.74 Å². The van der Waals surface area contributed by atoms with Crippen molar-refractivity contribution in [3.05, 3.63) is 34.2 Å². The third kappa shape index (κ3) is 2.36. The van der Waals surface area contributed by atoms with E-state index in [1.807, 2.05) is 12.1 Å². The Labute approximate surface area is 124 Å². The number of halogens is 1. The number of rotatable bonds is 3. The number of benzene rings is 1. The molecule has 0 atom stereocenters. The molecule has 0 spiro atoms. The number of aryl methyl sites for hydroxylation is 1. The summed E-state index contributed by atoms with van der Waals surface area (Å²) in [4.78, 5) is 15.7. The molecule has 0 bridgehead atoms. The van der Waals surface area contributed by atoms with Gasteiger partial charge in [-0.25, -0.2) is 9.78 Å². The van der Waals surface area contributed by atoms with E-state index in [9.17, 15) is 4.79 Å². The average Bonchev–Trinajstić information content (AvgIpc) is 2.74. The molecule has 2 aromatic rings. The van der Waals surface area contributed by atoms with E-state index >= 15 is 0 Å². The standard InChI is InChI=1S/C13H14BrN3O3/c1-7-16-11(13(18)20-3)12(15)17(7)8-4-5-9(14)10(6-8)19-2/h4-6H,15H2,1-3H3. The first kappa shape index (κ1) is 14.4. The molecule has 7 heteroatoms.